The van der Waals surface area contributed by atoms with Gasteiger partial charge in [0, 0.05) is 103 Å². The van der Waals surface area contributed by atoms with Crippen LogP contribution in [0.4, 0.5) is 5.82 Å². The number of amides is 4. The number of pyridine rings is 2. The highest BCUT2D eigenvalue weighted by Crippen LogP contribution is 2.42. The number of halogens is 2. The van der Waals surface area contributed by atoms with Crippen LogP contribution in [0.15, 0.2) is 67.1 Å². The first-order valence-corrected chi connectivity index (χ1v) is 22.5. The SMILES string of the molecule is CCc1c(-c2ccc(C(=O)NCCNC(=O)CCCCCCCNC(=O)Cn3ccc(-c4cc(Cl)c(Cl)c5[nH]c6c(c45)CN(C(=O)CO)CC6)n3)nc2)cnc(N)c1-c1ccc(O)cc1. The first-order valence-electron chi connectivity index (χ1n) is 21.7. The van der Waals surface area contributed by atoms with E-state index in [1.54, 1.807) is 64.6 Å². The van der Waals surface area contributed by atoms with Gasteiger partial charge in [-0.05, 0) is 60.7 Å². The average molecular weight is 924 g/mol. The van der Waals surface area contributed by atoms with Gasteiger partial charge in [0.2, 0.25) is 17.7 Å². The number of aromatic nitrogens is 5. The van der Waals surface area contributed by atoms with Crippen molar-refractivity contribution >= 4 is 63.6 Å². The molecule has 16 nitrogen and oxygen atoms in total. The molecule has 2 aromatic carbocycles. The van der Waals surface area contributed by atoms with Gasteiger partial charge in [-0.2, -0.15) is 5.10 Å². The number of carbonyl (C=O) groups excluding carboxylic acids is 4. The van der Waals surface area contributed by atoms with Gasteiger partial charge in [-0.1, -0.05) is 67.6 Å². The lowest BCUT2D eigenvalue weighted by Gasteiger charge is -2.26. The van der Waals surface area contributed by atoms with E-state index >= 15 is 0 Å². The number of anilines is 1. The minimum Gasteiger partial charge on any atom is -0.508 e. The van der Waals surface area contributed by atoms with Crippen LogP contribution in [0.3, 0.4) is 0 Å². The number of aliphatic hydroxyl groups is 1. The number of aromatic amines is 1. The third kappa shape index (κ3) is 11.1. The molecule has 0 spiro atoms. The number of phenols is 1. The highest BCUT2D eigenvalue weighted by Gasteiger charge is 2.28. The summed E-state index contributed by atoms with van der Waals surface area (Å²) in [5, 5.41) is 34.0. The fourth-order valence-corrected chi connectivity index (χ4v) is 8.60. The summed E-state index contributed by atoms with van der Waals surface area (Å²) in [5.74, 6) is -0.393. The van der Waals surface area contributed by atoms with E-state index in [9.17, 15) is 29.4 Å². The summed E-state index contributed by atoms with van der Waals surface area (Å²) in [6.45, 7) is 3.36. The summed E-state index contributed by atoms with van der Waals surface area (Å²) in [5.41, 5.74) is 14.6. The molecule has 8 N–H and O–H groups in total. The maximum Gasteiger partial charge on any atom is 0.269 e. The van der Waals surface area contributed by atoms with Crippen LogP contribution in [0.25, 0.3) is 44.4 Å². The lowest BCUT2D eigenvalue weighted by molar-refractivity contribution is -0.135. The lowest BCUT2D eigenvalue weighted by atomic mass is 9.92. The standard InChI is InChI=1S/C47H52Cl2N10O6/c1-2-31-33(24-55-46(50)42(31)28-9-12-30(61)13-10-28)29-11-14-38(54-23-29)47(65)53-19-18-52-39(62)8-6-4-3-5-7-17-51-40(63)26-59-21-16-37(57-59)32-22-35(48)44(49)45-43(32)34-25-58(41(64)27-60)20-15-36(34)56-45/h9-14,16,21-24,56,60-61H,2-8,15,17-20,25-27H2,1H3,(H2,50,55)(H,51,63)(H,52,62)(H,53,65). The number of nitrogen functional groups attached to an aromatic ring is 1. The highest BCUT2D eigenvalue weighted by atomic mass is 35.5. The van der Waals surface area contributed by atoms with Crippen molar-refractivity contribution in [2.45, 2.75) is 71.4 Å². The molecule has 0 radical (unpaired) electrons. The number of carbonyl (C=O) groups is 4. The molecule has 1 aliphatic rings. The Morgan fingerprint density at radius 1 is 0.862 bits per heavy atom. The summed E-state index contributed by atoms with van der Waals surface area (Å²) in [4.78, 5) is 64.0. The van der Waals surface area contributed by atoms with Gasteiger partial charge in [-0.15, -0.1) is 0 Å². The quantitative estimate of drug-likeness (QED) is 0.0455. The Morgan fingerprint density at radius 2 is 1.60 bits per heavy atom. The number of H-pyrrole nitrogens is 1. The molecule has 6 aromatic rings. The van der Waals surface area contributed by atoms with E-state index in [2.05, 4.69) is 36.0 Å². The molecule has 0 saturated heterocycles. The number of aromatic hydroxyl groups is 1. The largest absolute Gasteiger partial charge is 0.508 e. The number of unbranched alkanes of at least 4 members (excludes halogenated alkanes) is 4. The van der Waals surface area contributed by atoms with Crippen molar-refractivity contribution < 1.29 is 29.4 Å². The van der Waals surface area contributed by atoms with Gasteiger partial charge < -0.3 is 41.8 Å². The lowest BCUT2D eigenvalue weighted by Crippen LogP contribution is -2.37. The van der Waals surface area contributed by atoms with Crippen molar-refractivity contribution in [1.82, 2.24) is 45.6 Å². The van der Waals surface area contributed by atoms with Crippen LogP contribution in [0.2, 0.25) is 10.0 Å². The van der Waals surface area contributed by atoms with E-state index in [1.807, 2.05) is 19.1 Å². The van der Waals surface area contributed by atoms with Crippen molar-refractivity contribution in [2.24, 2.45) is 0 Å². The molecule has 0 aliphatic carbocycles. The zero-order valence-electron chi connectivity index (χ0n) is 36.1. The van der Waals surface area contributed by atoms with Gasteiger partial charge in [-0.3, -0.25) is 28.8 Å². The number of benzene rings is 2. The molecule has 65 heavy (non-hydrogen) atoms. The van der Waals surface area contributed by atoms with Crippen LogP contribution in [-0.2, 0) is 40.3 Å². The first kappa shape index (κ1) is 46.5. The predicted octanol–water partition coefficient (Wildman–Crippen LogP) is 6.19. The summed E-state index contributed by atoms with van der Waals surface area (Å²) >= 11 is 13.1. The summed E-state index contributed by atoms with van der Waals surface area (Å²) in [7, 11) is 0. The Hall–Kier alpha value is -6.49. The molecule has 340 valence electrons. The smallest absolute Gasteiger partial charge is 0.269 e. The monoisotopic (exact) mass is 922 g/mol. The molecule has 18 heteroatoms. The molecular formula is C47H52Cl2N10O6. The van der Waals surface area contributed by atoms with E-state index in [0.717, 1.165) is 82.1 Å². The number of fused-ring (bicyclic) bond motifs is 3. The van der Waals surface area contributed by atoms with Crippen LogP contribution in [-0.4, -0.2) is 96.3 Å². The molecular weight excluding hydrogens is 871 g/mol. The number of nitrogens with one attached hydrogen (secondary N) is 4. The fourth-order valence-electron chi connectivity index (χ4n) is 8.20. The summed E-state index contributed by atoms with van der Waals surface area (Å²) in [6.07, 6.45) is 11.0. The minimum absolute atomic E-state index is 0.0334. The second-order valence-corrected chi connectivity index (χ2v) is 16.7. The third-order valence-electron chi connectivity index (χ3n) is 11.5. The normalized spacial score (nSPS) is 12.3. The van der Waals surface area contributed by atoms with Crippen LogP contribution in [0.1, 0.15) is 72.8 Å². The van der Waals surface area contributed by atoms with Gasteiger partial charge in [0.05, 0.1) is 21.3 Å². The second-order valence-electron chi connectivity index (χ2n) is 15.9. The topological polar surface area (TPSA) is 233 Å². The van der Waals surface area contributed by atoms with Crippen molar-refractivity contribution in [3.05, 3.63) is 99.7 Å². The van der Waals surface area contributed by atoms with Gasteiger partial charge in [0.15, 0.2) is 0 Å². The van der Waals surface area contributed by atoms with E-state index in [1.165, 1.54) is 0 Å². The predicted molar refractivity (Wildman–Crippen MR) is 250 cm³/mol. The number of hydrogen-bond donors (Lipinski definition) is 7. The molecule has 4 amide bonds. The van der Waals surface area contributed by atoms with E-state index < -0.39 is 6.61 Å². The van der Waals surface area contributed by atoms with Crippen molar-refractivity contribution in [1.29, 1.82) is 0 Å². The van der Waals surface area contributed by atoms with Gasteiger partial charge in [0.25, 0.3) is 5.91 Å². The molecule has 0 atom stereocenters. The highest BCUT2D eigenvalue weighted by molar-refractivity contribution is 6.45. The number of phenolic OH excluding ortho intramolecular Hbond substituents is 1. The van der Waals surface area contributed by atoms with E-state index in [-0.39, 0.29) is 48.2 Å². The molecule has 4 aromatic heterocycles. The van der Waals surface area contributed by atoms with Crippen LogP contribution >= 0.6 is 23.2 Å². The number of rotatable bonds is 19. The average Bonchev–Trinajstić information content (AvgIpc) is 3.94. The molecule has 1 aliphatic heterocycles. The summed E-state index contributed by atoms with van der Waals surface area (Å²) in [6, 6.07) is 13.8. The second kappa shape index (κ2) is 21.5. The number of aliphatic hydroxyl groups excluding tert-OH is 1. The van der Waals surface area contributed by atoms with Gasteiger partial charge >= 0.3 is 0 Å². The molecule has 5 heterocycles. The molecule has 0 unspecified atom stereocenters. The van der Waals surface area contributed by atoms with Crippen LogP contribution in [0.5, 0.6) is 5.75 Å². The number of hydrogen-bond acceptors (Lipinski definition) is 10. The minimum atomic E-state index is -0.562. The molecule has 0 saturated carbocycles. The molecule has 0 fully saturated rings. The number of nitrogens with zero attached hydrogens (tertiary/aromatic N) is 5. The van der Waals surface area contributed by atoms with E-state index in [4.69, 9.17) is 28.9 Å². The van der Waals surface area contributed by atoms with E-state index in [0.29, 0.717) is 72.5 Å². The van der Waals surface area contributed by atoms with Crippen molar-refractivity contribution in [3.63, 3.8) is 0 Å². The first-order chi connectivity index (χ1) is 31.4. The maximum absolute atomic E-state index is 12.8. The Balaban J connectivity index is 0.771. The molecule has 0 bridgehead atoms. The Morgan fingerprint density at radius 3 is 2.35 bits per heavy atom. The Labute approximate surface area is 385 Å². The fraction of sp³-hybridized carbons (Fsp3) is 0.340. The van der Waals surface area contributed by atoms with Gasteiger partial charge in [-0.25, -0.2) is 4.98 Å². The maximum atomic E-state index is 12.8. The van der Waals surface area contributed by atoms with Crippen molar-refractivity contribution in [3.8, 4) is 39.3 Å². The number of nitrogens with two attached hydrogens (primary N) is 1. The molecule has 7 rings (SSSR count). The zero-order chi connectivity index (χ0) is 46.0. The van der Waals surface area contributed by atoms with Gasteiger partial charge in [0.1, 0.15) is 30.4 Å². The van der Waals surface area contributed by atoms with Crippen LogP contribution < -0.4 is 21.7 Å². The Bertz CT molecular complexity index is 2680. The Kier molecular flexibility index (Phi) is 15.4. The summed E-state index contributed by atoms with van der Waals surface area (Å²) < 4.78 is 1.56. The van der Waals surface area contributed by atoms with Crippen LogP contribution in [0, 0.1) is 0 Å². The zero-order valence-corrected chi connectivity index (χ0v) is 37.6. The van der Waals surface area contributed by atoms with Crippen molar-refractivity contribution in [2.75, 3.05) is 38.5 Å². The third-order valence-corrected chi connectivity index (χ3v) is 12.3.